The van der Waals surface area contributed by atoms with Gasteiger partial charge in [-0.05, 0) is 23.3 Å². The minimum Gasteiger partial charge on any atom is -0.255 e. The molecule has 0 aliphatic carbocycles. The van der Waals surface area contributed by atoms with E-state index in [1.165, 1.54) is 27.8 Å². The summed E-state index contributed by atoms with van der Waals surface area (Å²) in [6.07, 6.45) is 16.3. The van der Waals surface area contributed by atoms with Crippen molar-refractivity contribution in [3.8, 4) is 0 Å². The molecule has 0 radical (unpaired) electrons. The number of aryl methyl sites for hydroxylation is 2. The van der Waals surface area contributed by atoms with Gasteiger partial charge in [0.15, 0.2) is 0 Å². The third-order valence-corrected chi connectivity index (χ3v) is 4.37. The van der Waals surface area contributed by atoms with Gasteiger partial charge < -0.3 is 0 Å². The van der Waals surface area contributed by atoms with Crippen molar-refractivity contribution in [3.05, 3.63) is 94.8 Å². The van der Waals surface area contributed by atoms with E-state index in [1.54, 1.807) is 0 Å². The molecule has 2 nitrogen and oxygen atoms in total. The average molecular weight is 302 g/mol. The molecule has 2 aliphatic heterocycles. The second-order valence-electron chi connectivity index (χ2n) is 6.00. The highest BCUT2D eigenvalue weighted by Gasteiger charge is 2.24. The van der Waals surface area contributed by atoms with Gasteiger partial charge in [-0.1, -0.05) is 49.6 Å². The lowest BCUT2D eigenvalue weighted by Gasteiger charge is -2.28. The van der Waals surface area contributed by atoms with Gasteiger partial charge in [-0.25, -0.2) is 0 Å². The van der Waals surface area contributed by atoms with Crippen molar-refractivity contribution >= 4 is 13.4 Å². The lowest BCUT2D eigenvalue weighted by atomic mass is 9.85. The highest BCUT2D eigenvalue weighted by atomic mass is 15.0. The largest absolute Gasteiger partial charge is 0.255 e. The molecule has 23 heavy (non-hydrogen) atoms. The Balaban J connectivity index is 2.17. The number of nitrogens with zero attached hydrogens (tertiary/aromatic N) is 2. The zero-order chi connectivity index (χ0) is 16.6. The van der Waals surface area contributed by atoms with E-state index >= 15 is 0 Å². The molecule has 3 rings (SSSR count). The van der Waals surface area contributed by atoms with Gasteiger partial charge in [-0.2, -0.15) is 0 Å². The molecule has 0 atom stereocenters. The standard InChI is InChI=1S/C21H22N2/c1-15-14-16(2)21(19-11-7-9-13-23(19)5)17(3)20(15)18-10-6-8-12-22(18)4/h6-14H,4-5H2,1-3H3. The van der Waals surface area contributed by atoms with Gasteiger partial charge >= 0.3 is 0 Å². The Morgan fingerprint density at radius 3 is 1.57 bits per heavy atom. The van der Waals surface area contributed by atoms with Crippen molar-refractivity contribution < 1.29 is 9.15 Å². The molecule has 0 saturated carbocycles. The van der Waals surface area contributed by atoms with Gasteiger partial charge in [0.1, 0.15) is 24.5 Å². The fourth-order valence-corrected chi connectivity index (χ4v) is 3.38. The van der Waals surface area contributed by atoms with E-state index < -0.39 is 0 Å². The fraction of sp³-hybridized carbons (Fsp3) is 0.143. The van der Waals surface area contributed by atoms with Crippen molar-refractivity contribution in [2.75, 3.05) is 0 Å². The maximum atomic E-state index is 4.12. The van der Waals surface area contributed by atoms with E-state index in [-0.39, 0.29) is 0 Å². The Morgan fingerprint density at radius 2 is 1.17 bits per heavy atom. The van der Waals surface area contributed by atoms with Crippen LogP contribution in [-0.2, 0) is 0 Å². The summed E-state index contributed by atoms with van der Waals surface area (Å²) in [6.45, 7) is 14.8. The van der Waals surface area contributed by atoms with E-state index in [0.717, 1.165) is 12.1 Å². The van der Waals surface area contributed by atoms with E-state index in [0.29, 0.717) is 0 Å². The molecule has 0 saturated heterocycles. The second-order valence-corrected chi connectivity index (χ2v) is 6.00. The highest BCUT2D eigenvalue weighted by molar-refractivity contribution is 5.57. The van der Waals surface area contributed by atoms with Gasteiger partial charge in [-0.15, -0.1) is 18.2 Å². The van der Waals surface area contributed by atoms with Crippen LogP contribution < -0.4 is 0 Å². The van der Waals surface area contributed by atoms with Crippen LogP contribution in [-0.4, -0.2) is 22.6 Å². The van der Waals surface area contributed by atoms with Crippen molar-refractivity contribution in [2.45, 2.75) is 20.8 Å². The minimum atomic E-state index is 1.12. The van der Waals surface area contributed by atoms with E-state index in [9.17, 15) is 0 Å². The number of benzene rings is 1. The van der Waals surface area contributed by atoms with Crippen LogP contribution in [0.2, 0.25) is 0 Å². The van der Waals surface area contributed by atoms with Crippen LogP contribution in [0.4, 0.5) is 0 Å². The second kappa shape index (κ2) is 5.81. The molecule has 0 spiro atoms. The Labute approximate surface area is 138 Å². The Kier molecular flexibility index (Phi) is 3.83. The molecule has 2 heteroatoms. The summed E-state index contributed by atoms with van der Waals surface area (Å²) in [5, 5.41) is 0. The van der Waals surface area contributed by atoms with Crippen LogP contribution in [0.5, 0.6) is 0 Å². The van der Waals surface area contributed by atoms with Crippen molar-refractivity contribution in [2.24, 2.45) is 0 Å². The van der Waals surface area contributed by atoms with E-state index in [4.69, 9.17) is 0 Å². The van der Waals surface area contributed by atoms with Gasteiger partial charge in [0.25, 0.3) is 0 Å². The lowest BCUT2D eigenvalue weighted by molar-refractivity contribution is -0.419. The maximum Gasteiger partial charge on any atom is 0.147 e. The molecule has 0 amide bonds. The van der Waals surface area contributed by atoms with Crippen molar-refractivity contribution in [1.82, 2.24) is 0 Å². The number of hydrogen-bond acceptors (Lipinski definition) is 0. The number of allylic oxidation sites excluding steroid dienone is 4. The molecule has 2 aliphatic rings. The van der Waals surface area contributed by atoms with Crippen LogP contribution in [0.25, 0.3) is 0 Å². The van der Waals surface area contributed by atoms with Gasteiger partial charge in [-0.3, -0.25) is 9.15 Å². The zero-order valence-electron chi connectivity index (χ0n) is 14.0. The van der Waals surface area contributed by atoms with Crippen LogP contribution in [0, 0.1) is 32.9 Å². The van der Waals surface area contributed by atoms with Crippen molar-refractivity contribution in [1.29, 1.82) is 0 Å². The maximum absolute atomic E-state index is 4.12. The molecule has 1 aromatic rings. The molecule has 2 heterocycles. The number of hydrogen-bond donors (Lipinski definition) is 0. The minimum absolute atomic E-state index is 1.12. The summed E-state index contributed by atoms with van der Waals surface area (Å²) in [7, 11) is 0. The molecule has 116 valence electrons. The molecule has 0 fully saturated rings. The quantitative estimate of drug-likeness (QED) is 0.576. The summed E-state index contributed by atoms with van der Waals surface area (Å²) in [5.74, 6) is 0. The predicted octanol–water partition coefficient (Wildman–Crippen LogP) is 3.97. The van der Waals surface area contributed by atoms with Crippen LogP contribution >= 0.6 is 0 Å². The highest BCUT2D eigenvalue weighted by Crippen LogP contribution is 2.35. The predicted molar refractivity (Wildman–Crippen MR) is 96.7 cm³/mol. The smallest absolute Gasteiger partial charge is 0.147 e. The Morgan fingerprint density at radius 1 is 0.739 bits per heavy atom. The third kappa shape index (κ3) is 2.57. The van der Waals surface area contributed by atoms with Crippen LogP contribution in [0.3, 0.4) is 0 Å². The molecule has 0 aromatic heterocycles. The van der Waals surface area contributed by atoms with Crippen LogP contribution in [0.15, 0.2) is 54.9 Å². The summed E-state index contributed by atoms with van der Waals surface area (Å²) in [4.78, 5) is 0. The first-order chi connectivity index (χ1) is 11.0. The summed E-state index contributed by atoms with van der Waals surface area (Å²) < 4.78 is 3.86. The molecule has 0 N–H and O–H groups in total. The Hall–Kier alpha value is -2.74. The lowest BCUT2D eigenvalue weighted by Crippen LogP contribution is -2.20. The van der Waals surface area contributed by atoms with E-state index in [1.807, 2.05) is 33.7 Å². The fourth-order valence-electron chi connectivity index (χ4n) is 3.38. The first-order valence-electron chi connectivity index (χ1n) is 7.75. The molecule has 0 bridgehead atoms. The normalized spacial score (nSPS) is 16.7. The molecular formula is C21H22N2. The molecular weight excluding hydrogens is 280 g/mol. The molecule has 1 aromatic carbocycles. The van der Waals surface area contributed by atoms with Gasteiger partial charge in [0.2, 0.25) is 0 Å². The van der Waals surface area contributed by atoms with Gasteiger partial charge in [0, 0.05) is 0 Å². The monoisotopic (exact) mass is 302 g/mol. The first kappa shape index (κ1) is 15.2. The van der Waals surface area contributed by atoms with Crippen LogP contribution in [0.1, 0.15) is 27.8 Å². The third-order valence-electron chi connectivity index (χ3n) is 4.37. The molecule has 0 unspecified atom stereocenters. The first-order valence-corrected chi connectivity index (χ1v) is 7.75. The summed E-state index contributed by atoms with van der Waals surface area (Å²) >= 11 is 0. The summed E-state index contributed by atoms with van der Waals surface area (Å²) in [5.41, 5.74) is 6.27. The zero-order valence-corrected chi connectivity index (χ0v) is 14.0. The van der Waals surface area contributed by atoms with Gasteiger partial charge in [0.05, 0.1) is 13.4 Å². The Bertz CT molecular complexity index is 739. The van der Waals surface area contributed by atoms with E-state index in [2.05, 4.69) is 64.6 Å². The SMILES string of the molecule is C=[N+]1C=CC=C[C-]1c1c(C)cc(C)c([C-]2C=CC=C[N+]2=C)c1C. The summed E-state index contributed by atoms with van der Waals surface area (Å²) in [6, 6.07) is 4.49. The number of rotatable bonds is 2. The van der Waals surface area contributed by atoms with Crippen molar-refractivity contribution in [3.63, 3.8) is 0 Å². The topological polar surface area (TPSA) is 6.02 Å². The average Bonchev–Trinajstić information content (AvgIpc) is 2.50.